The predicted molar refractivity (Wildman–Crippen MR) is 415 cm³/mol. The summed E-state index contributed by atoms with van der Waals surface area (Å²) in [5.41, 5.74) is 4.46. The average Bonchev–Trinajstić information content (AvgIpc) is 0.821. The van der Waals surface area contributed by atoms with Gasteiger partial charge in [0.15, 0.2) is 0 Å². The summed E-state index contributed by atoms with van der Waals surface area (Å²) in [7, 11) is 0. The van der Waals surface area contributed by atoms with E-state index >= 15 is 0 Å². The van der Waals surface area contributed by atoms with Gasteiger partial charge in [-0.05, 0) is 224 Å². The fourth-order valence-electron chi connectivity index (χ4n) is 13.4. The number of aromatic hydroxyl groups is 10. The first-order valence-electron chi connectivity index (χ1n) is 39.8. The van der Waals surface area contributed by atoms with Gasteiger partial charge in [0.1, 0.15) is 80.8 Å². The normalized spacial score (nSPS) is 12.5. The van der Waals surface area contributed by atoms with Crippen LogP contribution in [0.25, 0.3) is 0 Å². The Morgan fingerprint density at radius 3 is 0.883 bits per heavy atom. The van der Waals surface area contributed by atoms with Crippen molar-refractivity contribution >= 4 is 11.9 Å². The van der Waals surface area contributed by atoms with Crippen LogP contribution in [0.2, 0.25) is 0 Å². The average molecular weight is 1440 g/mol. The monoisotopic (exact) mass is 1430 g/mol. The summed E-state index contributed by atoms with van der Waals surface area (Å²) in [5.74, 6) is -0.995. The van der Waals surface area contributed by atoms with Gasteiger partial charge in [-0.15, -0.1) is 0 Å². The quantitative estimate of drug-likeness (QED) is 0.00979. The molecule has 0 aromatic heterocycles. The number of rotatable bonds is 53. The Hall–Kier alpha value is -7.30. The maximum atomic E-state index is 13.2. The van der Waals surface area contributed by atoms with Crippen LogP contribution in [0.15, 0.2) is 91.0 Å². The molecule has 0 radical (unpaired) electrons. The molecule has 5 aromatic rings. The molecule has 578 valence electrons. The van der Waals surface area contributed by atoms with E-state index < -0.39 is 11.9 Å². The Balaban J connectivity index is 0.000000426. The van der Waals surface area contributed by atoms with Crippen LogP contribution in [0.4, 0.5) is 0 Å². The van der Waals surface area contributed by atoms with Crippen LogP contribution < -0.4 is 0 Å². The fraction of sp³-hybridized carbons (Fsp3) is 0.609. The number of allylic oxidation sites excluding steroid dienone is 2. The van der Waals surface area contributed by atoms with Crippen molar-refractivity contribution in [1.82, 2.24) is 0 Å². The molecule has 0 saturated carbocycles. The zero-order valence-corrected chi connectivity index (χ0v) is 63.6. The Kier molecular flexibility index (Phi) is 48.2. The number of ether oxygens (including phenoxy) is 2. The number of carbonyl (C=O) groups excluding carboxylic acids is 2. The zero-order valence-electron chi connectivity index (χ0n) is 63.6. The van der Waals surface area contributed by atoms with E-state index in [1.54, 1.807) is 48.5 Å². The first kappa shape index (κ1) is 89.9. The highest BCUT2D eigenvalue weighted by Gasteiger charge is 2.25. The number of aryl methyl sites for hydroxylation is 5. The number of hydrogen-bond acceptors (Lipinski definition) is 16. The second-order valence-electron chi connectivity index (χ2n) is 28.5. The molecule has 4 atom stereocenters. The predicted octanol–water partition coefficient (Wildman–Crippen LogP) is 21.9. The lowest BCUT2D eigenvalue weighted by Crippen LogP contribution is -2.19. The lowest BCUT2D eigenvalue weighted by molar-refractivity contribution is 0.0239. The van der Waals surface area contributed by atoms with E-state index in [2.05, 4.69) is 46.8 Å². The van der Waals surface area contributed by atoms with Gasteiger partial charge in [-0.2, -0.15) is 0 Å². The molecule has 103 heavy (non-hydrogen) atoms. The molecule has 0 aliphatic rings. The molecule has 0 saturated heterocycles. The van der Waals surface area contributed by atoms with Crippen molar-refractivity contribution in [2.45, 2.75) is 342 Å². The van der Waals surface area contributed by atoms with Crippen LogP contribution in [0.1, 0.15) is 334 Å². The third-order valence-corrected chi connectivity index (χ3v) is 18.8. The van der Waals surface area contributed by atoms with Crippen LogP contribution in [0, 0.1) is 0 Å². The van der Waals surface area contributed by atoms with Crippen LogP contribution in [-0.4, -0.2) is 97.6 Å². The van der Waals surface area contributed by atoms with E-state index in [9.17, 15) is 70.9 Å². The van der Waals surface area contributed by atoms with Gasteiger partial charge in [-0.25, -0.2) is 9.59 Å². The van der Waals surface area contributed by atoms with Crippen LogP contribution in [0.3, 0.4) is 0 Å². The Bertz CT molecular complexity index is 3040. The third-order valence-electron chi connectivity index (χ3n) is 18.8. The second kappa shape index (κ2) is 55.2. The first-order valence-corrected chi connectivity index (χ1v) is 39.8. The highest BCUT2D eigenvalue weighted by molar-refractivity contribution is 5.95. The topological polar surface area (TPSA) is 295 Å². The van der Waals surface area contributed by atoms with Crippen LogP contribution in [-0.2, 0) is 41.6 Å². The zero-order chi connectivity index (χ0) is 75.4. The molecular weight excluding hydrogens is 1300 g/mol. The number of aliphatic hydroxyl groups is 2. The summed E-state index contributed by atoms with van der Waals surface area (Å²) in [5, 5.41) is 118. The number of phenols is 10. The SMILES string of the molecule is CCC/C=C/CCCCCCc1cc(O)cc(O)c1C(=O)OC(CCC)CCCCCCCc1cc(O)cc(O)c1.CCCC(O)CCCCCCCc1cc(O)cc(O)c1.CCCC(O)CCCCCCCc1cc(O)cc(O)c1C(=O)OC(CCC)CCCCCCCc1cc(O)cc(O)c1. The highest BCUT2D eigenvalue weighted by Crippen LogP contribution is 2.34. The van der Waals surface area contributed by atoms with E-state index in [0.717, 1.165) is 267 Å². The highest BCUT2D eigenvalue weighted by atomic mass is 16.5. The fourth-order valence-corrected chi connectivity index (χ4v) is 13.4. The summed E-state index contributed by atoms with van der Waals surface area (Å²) in [4.78, 5) is 26.4. The molecule has 0 spiro atoms. The minimum Gasteiger partial charge on any atom is -0.508 e. The number of unbranched alkanes of at least 4 members (excludes halogenated alkanes) is 21. The molecular formula is C87H134O16. The molecule has 0 aliphatic heterocycles. The summed E-state index contributed by atoms with van der Waals surface area (Å²) >= 11 is 0. The third kappa shape index (κ3) is 41.7. The molecule has 0 bridgehead atoms. The number of aliphatic hydroxyl groups excluding tert-OH is 2. The Morgan fingerprint density at radius 1 is 0.291 bits per heavy atom. The number of benzene rings is 5. The van der Waals surface area contributed by atoms with Gasteiger partial charge in [-0.1, -0.05) is 182 Å². The largest absolute Gasteiger partial charge is 0.508 e. The number of phenolic OH excluding ortho intramolecular Hbond substituents is 10. The van der Waals surface area contributed by atoms with E-state index in [1.165, 1.54) is 49.6 Å². The van der Waals surface area contributed by atoms with Gasteiger partial charge < -0.3 is 70.8 Å². The van der Waals surface area contributed by atoms with Gasteiger partial charge in [-0.3, -0.25) is 0 Å². The molecule has 16 heteroatoms. The van der Waals surface area contributed by atoms with Gasteiger partial charge in [0.2, 0.25) is 0 Å². The molecule has 0 amide bonds. The maximum absolute atomic E-state index is 13.2. The van der Waals surface area contributed by atoms with Gasteiger partial charge in [0.25, 0.3) is 0 Å². The minimum atomic E-state index is -0.528. The van der Waals surface area contributed by atoms with Crippen molar-refractivity contribution < 1.29 is 80.3 Å². The molecule has 5 rings (SSSR count). The van der Waals surface area contributed by atoms with Gasteiger partial charge in [0.05, 0.1) is 12.2 Å². The number of carbonyl (C=O) groups is 2. The van der Waals surface area contributed by atoms with E-state index in [1.807, 2.05) is 0 Å². The Labute approximate surface area is 618 Å². The molecule has 0 fully saturated rings. The summed E-state index contributed by atoms with van der Waals surface area (Å²) in [6, 6.07) is 19.7. The van der Waals surface area contributed by atoms with E-state index in [4.69, 9.17) is 9.47 Å². The number of hydrogen-bond donors (Lipinski definition) is 12. The smallest absolute Gasteiger partial charge is 0.342 e. The molecule has 0 aliphatic carbocycles. The van der Waals surface area contributed by atoms with Crippen molar-refractivity contribution in [1.29, 1.82) is 0 Å². The van der Waals surface area contributed by atoms with Crippen LogP contribution >= 0.6 is 0 Å². The van der Waals surface area contributed by atoms with Crippen molar-refractivity contribution in [2.24, 2.45) is 0 Å². The van der Waals surface area contributed by atoms with Crippen molar-refractivity contribution in [3.05, 3.63) is 130 Å². The van der Waals surface area contributed by atoms with E-state index in [-0.39, 0.29) is 93.0 Å². The van der Waals surface area contributed by atoms with Crippen molar-refractivity contribution in [3.8, 4) is 57.5 Å². The summed E-state index contributed by atoms with van der Waals surface area (Å²) < 4.78 is 11.8. The summed E-state index contributed by atoms with van der Waals surface area (Å²) in [6.07, 6.45) is 46.2. The standard InChI is InChI=1S/C35H54O7.C35H52O6.C17H28O3/c1-3-15-28(36)19-13-9-6-8-12-18-27-23-31(39)25-33(40)34(27)35(41)42-32(16-4-2)20-14-10-5-7-11-17-26-21-29(37)24-30(38)22-26;1-3-5-6-7-8-9-10-13-16-20-28-24-31(38)26-33(39)34(28)35(40)41-32(18-4-2)21-17-14-11-12-15-19-27-22-29(36)25-30(37)23-27;1-2-8-15(18)10-7-5-3-4-6-9-14-11-16(19)13-17(20)12-14/h21-25,28,32,36-40H,3-20H2,1-2H3;6-7,22-26,32,36-39H,3-5,8-21H2,1-2H3;11-13,15,18-20H,2-10H2,1H3/b;7-6+;. The van der Waals surface area contributed by atoms with Crippen LogP contribution in [0.5, 0.6) is 57.5 Å². The first-order chi connectivity index (χ1) is 49.7. The second-order valence-corrected chi connectivity index (χ2v) is 28.5. The lowest BCUT2D eigenvalue weighted by Gasteiger charge is -2.19. The minimum absolute atomic E-state index is 0.0407. The van der Waals surface area contributed by atoms with Gasteiger partial charge >= 0.3 is 11.9 Å². The molecule has 16 nitrogen and oxygen atoms in total. The van der Waals surface area contributed by atoms with E-state index in [0.29, 0.717) is 24.0 Å². The molecule has 0 heterocycles. The van der Waals surface area contributed by atoms with Crippen molar-refractivity contribution in [2.75, 3.05) is 0 Å². The molecule has 12 N–H and O–H groups in total. The number of esters is 2. The summed E-state index contributed by atoms with van der Waals surface area (Å²) in [6.45, 7) is 10.5. The Morgan fingerprint density at radius 2 is 0.563 bits per heavy atom. The maximum Gasteiger partial charge on any atom is 0.342 e. The molecule has 5 aromatic carbocycles. The van der Waals surface area contributed by atoms with Crippen molar-refractivity contribution in [3.63, 3.8) is 0 Å². The van der Waals surface area contributed by atoms with Gasteiger partial charge in [0, 0.05) is 30.3 Å². The lowest BCUT2D eigenvalue weighted by atomic mass is 9.98. The molecule has 4 unspecified atom stereocenters.